The maximum absolute atomic E-state index is 11.6. The van der Waals surface area contributed by atoms with Crippen LogP contribution in [-0.4, -0.2) is 37.4 Å². The van der Waals surface area contributed by atoms with Gasteiger partial charge in [-0.1, -0.05) is 19.9 Å². The Balaban J connectivity index is 2.62. The van der Waals surface area contributed by atoms with Gasteiger partial charge in [-0.25, -0.2) is 0 Å². The number of benzene rings is 1. The molecule has 1 aromatic rings. The van der Waals surface area contributed by atoms with E-state index in [0.29, 0.717) is 0 Å². The van der Waals surface area contributed by atoms with Crippen LogP contribution in [0.2, 0.25) is 0 Å². The predicted octanol–water partition coefficient (Wildman–Crippen LogP) is 1.78. The lowest BCUT2D eigenvalue weighted by Gasteiger charge is -2.13. The second-order valence-corrected chi connectivity index (χ2v) is 4.87. The fraction of sp³-hybridized carbons (Fsp3) is 0.429. The number of likely N-dealkylation sites (N-methyl/N-ethyl adjacent to an activating group) is 1. The van der Waals surface area contributed by atoms with Gasteiger partial charge in [-0.05, 0) is 18.2 Å². The lowest BCUT2D eigenvalue weighted by molar-refractivity contribution is -0.126. The van der Waals surface area contributed by atoms with Crippen molar-refractivity contribution in [3.8, 4) is 0 Å². The molecule has 0 fully saturated rings. The van der Waals surface area contributed by atoms with E-state index in [-0.39, 0.29) is 24.3 Å². The molecular weight excluding hydrogens is 242 g/mol. The molecule has 0 atom stereocenters. The molecule has 1 aromatic carbocycles. The van der Waals surface area contributed by atoms with Gasteiger partial charge in [-0.2, -0.15) is 0 Å². The summed E-state index contributed by atoms with van der Waals surface area (Å²) in [5.41, 5.74) is 1.53. The van der Waals surface area contributed by atoms with E-state index in [1.54, 1.807) is 14.1 Å². The van der Waals surface area contributed by atoms with Gasteiger partial charge in [0, 0.05) is 31.4 Å². The largest absolute Gasteiger partial charge is 0.376 e. The number of hydrogen-bond acceptors (Lipinski definition) is 3. The van der Waals surface area contributed by atoms with Crippen molar-refractivity contribution in [2.24, 2.45) is 5.92 Å². The second-order valence-electron chi connectivity index (χ2n) is 4.87. The zero-order valence-corrected chi connectivity index (χ0v) is 11.9. The first-order valence-corrected chi connectivity index (χ1v) is 6.25. The van der Waals surface area contributed by atoms with Gasteiger partial charge in [0.25, 0.3) is 0 Å². The molecule has 0 unspecified atom stereocenters. The second kappa shape index (κ2) is 6.78. The lowest BCUT2D eigenvalue weighted by Crippen LogP contribution is -2.28. The van der Waals surface area contributed by atoms with Gasteiger partial charge in [0.1, 0.15) is 0 Å². The number of carbonyl (C=O) groups excluding carboxylic acids is 2. The van der Waals surface area contributed by atoms with Crippen LogP contribution < -0.4 is 10.6 Å². The summed E-state index contributed by atoms with van der Waals surface area (Å²) in [4.78, 5) is 24.6. The van der Waals surface area contributed by atoms with E-state index < -0.39 is 0 Å². The van der Waals surface area contributed by atoms with Gasteiger partial charge < -0.3 is 15.5 Å². The Bertz CT molecular complexity index is 456. The minimum atomic E-state index is -0.0630. The van der Waals surface area contributed by atoms with Crippen LogP contribution in [0.3, 0.4) is 0 Å². The molecule has 104 valence electrons. The van der Waals surface area contributed by atoms with Gasteiger partial charge in [0.05, 0.1) is 6.54 Å². The maximum atomic E-state index is 11.6. The number of anilines is 2. The Labute approximate surface area is 114 Å². The van der Waals surface area contributed by atoms with Crippen LogP contribution in [-0.2, 0) is 9.59 Å². The summed E-state index contributed by atoms with van der Waals surface area (Å²) in [6, 6.07) is 7.31. The zero-order valence-electron chi connectivity index (χ0n) is 11.9. The first kappa shape index (κ1) is 15.0. The molecule has 2 amide bonds. The summed E-state index contributed by atoms with van der Waals surface area (Å²) in [6.07, 6.45) is 0. The van der Waals surface area contributed by atoms with E-state index in [4.69, 9.17) is 0 Å². The van der Waals surface area contributed by atoms with Gasteiger partial charge in [-0.3, -0.25) is 9.59 Å². The minimum Gasteiger partial charge on any atom is -0.376 e. The first-order chi connectivity index (χ1) is 8.90. The molecule has 5 nitrogen and oxygen atoms in total. The molecule has 0 spiro atoms. The SMILES string of the molecule is CC(C)C(=O)Nc1cccc(NCC(=O)N(C)C)c1. The number of rotatable bonds is 5. The van der Waals surface area contributed by atoms with Crippen LogP contribution in [0.1, 0.15) is 13.8 Å². The molecule has 19 heavy (non-hydrogen) atoms. The molecule has 5 heteroatoms. The zero-order chi connectivity index (χ0) is 14.4. The number of amides is 2. The molecule has 0 aliphatic carbocycles. The van der Waals surface area contributed by atoms with Gasteiger partial charge >= 0.3 is 0 Å². The van der Waals surface area contributed by atoms with Crippen LogP contribution in [0.5, 0.6) is 0 Å². The Kier molecular flexibility index (Phi) is 5.36. The van der Waals surface area contributed by atoms with E-state index in [1.807, 2.05) is 38.1 Å². The fourth-order valence-electron chi connectivity index (χ4n) is 1.33. The van der Waals surface area contributed by atoms with Crippen molar-refractivity contribution in [1.82, 2.24) is 4.90 Å². The summed E-state index contributed by atoms with van der Waals surface area (Å²) >= 11 is 0. The molecule has 1 rings (SSSR count). The van der Waals surface area contributed by atoms with Crippen molar-refractivity contribution in [2.75, 3.05) is 31.3 Å². The highest BCUT2D eigenvalue weighted by atomic mass is 16.2. The van der Waals surface area contributed by atoms with E-state index in [9.17, 15) is 9.59 Å². The molecule has 0 radical (unpaired) electrons. The van der Waals surface area contributed by atoms with Crippen molar-refractivity contribution in [2.45, 2.75) is 13.8 Å². The molecule has 0 heterocycles. The number of carbonyl (C=O) groups is 2. The molecule has 0 aliphatic rings. The average Bonchev–Trinajstić information content (AvgIpc) is 2.36. The maximum Gasteiger partial charge on any atom is 0.241 e. The smallest absolute Gasteiger partial charge is 0.241 e. The summed E-state index contributed by atoms with van der Waals surface area (Å²) in [7, 11) is 3.42. The summed E-state index contributed by atoms with van der Waals surface area (Å²) in [5.74, 6) is -0.0925. The van der Waals surface area contributed by atoms with Crippen LogP contribution in [0.25, 0.3) is 0 Å². The normalized spacial score (nSPS) is 10.2. The van der Waals surface area contributed by atoms with Crippen molar-refractivity contribution in [3.05, 3.63) is 24.3 Å². The third kappa shape index (κ3) is 4.99. The summed E-state index contributed by atoms with van der Waals surface area (Å²) in [5, 5.41) is 5.84. The van der Waals surface area contributed by atoms with Crippen LogP contribution in [0.4, 0.5) is 11.4 Å². The Hall–Kier alpha value is -2.04. The average molecular weight is 263 g/mol. The molecule has 0 aromatic heterocycles. The monoisotopic (exact) mass is 263 g/mol. The highest BCUT2D eigenvalue weighted by molar-refractivity contribution is 5.92. The minimum absolute atomic E-state index is 0.00313. The van der Waals surface area contributed by atoms with Gasteiger partial charge in [0.15, 0.2) is 0 Å². The Morgan fingerprint density at radius 2 is 1.84 bits per heavy atom. The quantitative estimate of drug-likeness (QED) is 0.851. The van der Waals surface area contributed by atoms with Crippen molar-refractivity contribution in [3.63, 3.8) is 0 Å². The standard InChI is InChI=1S/C14H21N3O2/c1-10(2)14(19)16-12-7-5-6-11(8-12)15-9-13(18)17(3)4/h5-8,10,15H,9H2,1-4H3,(H,16,19). The number of hydrogen-bond donors (Lipinski definition) is 2. The highest BCUT2D eigenvalue weighted by Crippen LogP contribution is 2.15. The Morgan fingerprint density at radius 3 is 2.42 bits per heavy atom. The molecule has 0 bridgehead atoms. The fourth-order valence-corrected chi connectivity index (χ4v) is 1.33. The third-order valence-corrected chi connectivity index (χ3v) is 2.60. The van der Waals surface area contributed by atoms with E-state index in [0.717, 1.165) is 11.4 Å². The lowest BCUT2D eigenvalue weighted by atomic mass is 10.2. The summed E-state index contributed by atoms with van der Waals surface area (Å²) < 4.78 is 0. The van der Waals surface area contributed by atoms with Crippen molar-refractivity contribution in [1.29, 1.82) is 0 Å². The molecular formula is C14H21N3O2. The van der Waals surface area contributed by atoms with Crippen LogP contribution in [0.15, 0.2) is 24.3 Å². The predicted molar refractivity (Wildman–Crippen MR) is 77.1 cm³/mol. The van der Waals surface area contributed by atoms with Crippen molar-refractivity contribution >= 4 is 23.2 Å². The van der Waals surface area contributed by atoms with Crippen molar-refractivity contribution < 1.29 is 9.59 Å². The molecule has 0 saturated carbocycles. The molecule has 0 aliphatic heterocycles. The van der Waals surface area contributed by atoms with E-state index in [2.05, 4.69) is 10.6 Å². The van der Waals surface area contributed by atoms with Crippen LogP contribution >= 0.6 is 0 Å². The number of nitrogens with zero attached hydrogens (tertiary/aromatic N) is 1. The van der Waals surface area contributed by atoms with E-state index >= 15 is 0 Å². The molecule has 2 N–H and O–H groups in total. The number of nitrogens with one attached hydrogen (secondary N) is 2. The first-order valence-electron chi connectivity index (χ1n) is 6.25. The van der Waals surface area contributed by atoms with E-state index in [1.165, 1.54) is 4.90 Å². The third-order valence-electron chi connectivity index (χ3n) is 2.60. The van der Waals surface area contributed by atoms with Crippen LogP contribution in [0, 0.1) is 5.92 Å². The Morgan fingerprint density at radius 1 is 1.21 bits per heavy atom. The van der Waals surface area contributed by atoms with Gasteiger partial charge in [0.2, 0.25) is 11.8 Å². The topological polar surface area (TPSA) is 61.4 Å². The highest BCUT2D eigenvalue weighted by Gasteiger charge is 2.07. The summed E-state index contributed by atoms with van der Waals surface area (Å²) in [6.45, 7) is 3.91. The molecule has 0 saturated heterocycles. The van der Waals surface area contributed by atoms with Gasteiger partial charge in [-0.15, -0.1) is 0 Å².